The summed E-state index contributed by atoms with van der Waals surface area (Å²) in [6, 6.07) is 9.36. The van der Waals surface area contributed by atoms with E-state index in [1.165, 1.54) is 6.29 Å². The molecule has 1 aromatic carbocycles. The molecule has 1 rings (SSSR count). The van der Waals surface area contributed by atoms with Gasteiger partial charge in [-0.25, -0.2) is 0 Å². The van der Waals surface area contributed by atoms with E-state index in [1.807, 2.05) is 30.3 Å². The van der Waals surface area contributed by atoms with E-state index in [2.05, 4.69) is 5.32 Å². The zero-order valence-electron chi connectivity index (χ0n) is 6.53. The molecule has 0 saturated carbocycles. The van der Waals surface area contributed by atoms with E-state index in [0.717, 1.165) is 5.69 Å². The van der Waals surface area contributed by atoms with Crippen molar-refractivity contribution < 1.29 is 9.90 Å². The molecule has 3 nitrogen and oxygen atoms in total. The molecule has 0 saturated heterocycles. The third-order valence-electron chi connectivity index (χ3n) is 1.41. The van der Waals surface area contributed by atoms with Gasteiger partial charge in [0.05, 0.1) is 0 Å². The number of carbonyl (C=O) groups excluding carboxylic acids is 1. The van der Waals surface area contributed by atoms with Gasteiger partial charge in [-0.3, -0.25) is 4.79 Å². The minimum atomic E-state index is -1.05. The Kier molecular flexibility index (Phi) is 3.29. The zero-order chi connectivity index (χ0) is 8.81. The predicted octanol–water partition coefficient (Wildman–Crippen LogP) is 0.569. The summed E-state index contributed by atoms with van der Waals surface area (Å²) in [6.07, 6.45) is 0.427. The smallest absolute Gasteiger partial charge is 0.231 e. The monoisotopic (exact) mass is 164 g/mol. The van der Waals surface area contributed by atoms with E-state index in [0.29, 0.717) is 0 Å². The Hall–Kier alpha value is -1.35. The topological polar surface area (TPSA) is 49.3 Å². The molecule has 0 aromatic heterocycles. The Morgan fingerprint density at radius 3 is 2.67 bits per heavy atom. The summed E-state index contributed by atoms with van der Waals surface area (Å²) in [7, 11) is 0. The molecule has 0 spiro atoms. The number of para-hydroxylation sites is 1. The van der Waals surface area contributed by atoms with Crippen LogP contribution in [0.1, 0.15) is 0 Å². The quantitative estimate of drug-likeness (QED) is 0.684. The molecule has 0 amide bonds. The van der Waals surface area contributed by atoms with Crippen molar-refractivity contribution in [2.24, 2.45) is 0 Å². The molecule has 12 heavy (non-hydrogen) atoms. The lowest BCUT2D eigenvalue weighted by Crippen LogP contribution is -2.20. The van der Waals surface area contributed by atoms with Crippen LogP contribution in [0.2, 0.25) is 0 Å². The van der Waals surface area contributed by atoms with E-state index in [4.69, 9.17) is 5.11 Å². The predicted molar refractivity (Wildman–Crippen MR) is 46.6 cm³/mol. The molecule has 2 N–H and O–H groups in total. The minimum absolute atomic E-state index is 0.202. The highest BCUT2D eigenvalue weighted by Gasteiger charge is 2.00. The lowest BCUT2D eigenvalue weighted by molar-refractivity contribution is 0.247. The first-order valence-corrected chi connectivity index (χ1v) is 3.67. The van der Waals surface area contributed by atoms with Crippen LogP contribution in [-0.2, 0) is 4.79 Å². The fourth-order valence-electron chi connectivity index (χ4n) is 0.812. The maximum atomic E-state index is 9.91. The highest BCUT2D eigenvalue weighted by Crippen LogP contribution is 2.03. The maximum absolute atomic E-state index is 9.91. The Balaban J connectivity index is 2.38. The van der Waals surface area contributed by atoms with Crippen LogP contribution >= 0.6 is 0 Å². The first kappa shape index (κ1) is 8.74. The van der Waals surface area contributed by atoms with Gasteiger partial charge < -0.3 is 10.4 Å². The van der Waals surface area contributed by atoms with Gasteiger partial charge in [0.2, 0.25) is 6.29 Å². The normalized spacial score (nSPS) is 12.1. The standard InChI is InChI=1S/C9H10NO2/c11-7-9(12)6-10-8-4-2-1-3-5-8/h1-5,9-10,12H,6H2/t9-/m1/s1. The lowest BCUT2D eigenvalue weighted by atomic mass is 10.3. The fraction of sp³-hybridized carbons (Fsp3) is 0.222. The summed E-state index contributed by atoms with van der Waals surface area (Å²) >= 11 is 0. The maximum Gasteiger partial charge on any atom is 0.231 e. The average Bonchev–Trinajstić information content (AvgIpc) is 2.16. The number of rotatable bonds is 4. The average molecular weight is 164 g/mol. The van der Waals surface area contributed by atoms with Gasteiger partial charge in [0.15, 0.2) is 0 Å². The van der Waals surface area contributed by atoms with Crippen LogP contribution in [0, 0.1) is 0 Å². The molecule has 0 fully saturated rings. The molecule has 0 aliphatic carbocycles. The molecule has 0 unspecified atom stereocenters. The first-order valence-electron chi connectivity index (χ1n) is 3.67. The number of aliphatic hydroxyl groups excluding tert-OH is 1. The van der Waals surface area contributed by atoms with Crippen molar-refractivity contribution in [2.75, 3.05) is 11.9 Å². The molecule has 0 bridgehead atoms. The van der Waals surface area contributed by atoms with Crippen LogP contribution in [-0.4, -0.2) is 24.0 Å². The third-order valence-corrected chi connectivity index (χ3v) is 1.41. The Morgan fingerprint density at radius 2 is 2.08 bits per heavy atom. The van der Waals surface area contributed by atoms with Gasteiger partial charge in [0.25, 0.3) is 0 Å². The van der Waals surface area contributed by atoms with Crippen LogP contribution in [0.15, 0.2) is 30.3 Å². The third kappa shape index (κ3) is 2.72. The molecule has 0 aliphatic heterocycles. The van der Waals surface area contributed by atoms with Gasteiger partial charge in [-0.2, -0.15) is 0 Å². The highest BCUT2D eigenvalue weighted by molar-refractivity contribution is 5.58. The second kappa shape index (κ2) is 4.51. The summed E-state index contributed by atoms with van der Waals surface area (Å²) in [5, 5.41) is 11.7. The van der Waals surface area contributed by atoms with Crippen molar-refractivity contribution in [3.05, 3.63) is 30.3 Å². The molecule has 0 aliphatic rings. The second-order valence-corrected chi connectivity index (χ2v) is 2.38. The van der Waals surface area contributed by atoms with Crippen LogP contribution in [0.25, 0.3) is 0 Å². The van der Waals surface area contributed by atoms with E-state index in [1.54, 1.807) is 0 Å². The van der Waals surface area contributed by atoms with E-state index < -0.39 is 6.10 Å². The van der Waals surface area contributed by atoms with E-state index in [9.17, 15) is 4.79 Å². The number of hydrogen-bond donors (Lipinski definition) is 2. The number of hydrogen-bond acceptors (Lipinski definition) is 3. The van der Waals surface area contributed by atoms with Gasteiger partial charge >= 0.3 is 0 Å². The van der Waals surface area contributed by atoms with Crippen molar-refractivity contribution in [3.8, 4) is 0 Å². The Bertz CT molecular complexity index is 236. The van der Waals surface area contributed by atoms with Crippen LogP contribution in [0.3, 0.4) is 0 Å². The molecule has 3 heteroatoms. The van der Waals surface area contributed by atoms with Crippen LogP contribution in [0.5, 0.6) is 0 Å². The largest absolute Gasteiger partial charge is 0.383 e. The van der Waals surface area contributed by atoms with Crippen molar-refractivity contribution in [3.63, 3.8) is 0 Å². The van der Waals surface area contributed by atoms with Gasteiger partial charge in [0, 0.05) is 12.2 Å². The number of aliphatic hydroxyl groups is 1. The molecule has 63 valence electrons. The Morgan fingerprint density at radius 1 is 1.42 bits per heavy atom. The molecule has 0 heterocycles. The van der Waals surface area contributed by atoms with Crippen molar-refractivity contribution >= 4 is 12.0 Å². The first-order chi connectivity index (χ1) is 5.83. The Labute approximate surface area is 71.0 Å². The number of anilines is 1. The number of nitrogens with one attached hydrogen (secondary N) is 1. The summed E-state index contributed by atoms with van der Waals surface area (Å²) in [4.78, 5) is 9.91. The summed E-state index contributed by atoms with van der Waals surface area (Å²) in [5.41, 5.74) is 0.881. The van der Waals surface area contributed by atoms with Gasteiger partial charge in [-0.1, -0.05) is 18.2 Å². The lowest BCUT2D eigenvalue weighted by Gasteiger charge is -2.05. The van der Waals surface area contributed by atoms with Crippen molar-refractivity contribution in [1.29, 1.82) is 0 Å². The minimum Gasteiger partial charge on any atom is -0.383 e. The van der Waals surface area contributed by atoms with Crippen molar-refractivity contribution in [2.45, 2.75) is 6.10 Å². The summed E-state index contributed by atoms with van der Waals surface area (Å²) < 4.78 is 0. The zero-order valence-corrected chi connectivity index (χ0v) is 6.53. The SMILES string of the molecule is O=[C][C@H](O)CNc1ccccc1. The van der Waals surface area contributed by atoms with E-state index in [-0.39, 0.29) is 6.54 Å². The van der Waals surface area contributed by atoms with E-state index >= 15 is 0 Å². The van der Waals surface area contributed by atoms with Crippen molar-refractivity contribution in [1.82, 2.24) is 0 Å². The highest BCUT2D eigenvalue weighted by atomic mass is 16.3. The molecule has 1 atom stereocenters. The molecular formula is C9H10NO2. The second-order valence-electron chi connectivity index (χ2n) is 2.38. The van der Waals surface area contributed by atoms with Crippen LogP contribution in [0.4, 0.5) is 5.69 Å². The summed E-state index contributed by atoms with van der Waals surface area (Å²) in [5.74, 6) is 0. The van der Waals surface area contributed by atoms with Gasteiger partial charge in [-0.05, 0) is 12.1 Å². The van der Waals surface area contributed by atoms with Gasteiger partial charge in [-0.15, -0.1) is 0 Å². The molecule has 1 aromatic rings. The number of benzene rings is 1. The van der Waals surface area contributed by atoms with Crippen LogP contribution < -0.4 is 5.32 Å². The fourth-order valence-corrected chi connectivity index (χ4v) is 0.812. The molecule has 1 radical (unpaired) electrons. The summed E-state index contributed by atoms with van der Waals surface area (Å²) in [6.45, 7) is 0.202. The van der Waals surface area contributed by atoms with Gasteiger partial charge in [0.1, 0.15) is 6.10 Å². The molecular weight excluding hydrogens is 154 g/mol.